The molecule has 1 N–H and O–H groups in total. The number of anilines is 1. The molecule has 0 saturated heterocycles. The Balaban J connectivity index is 1.74. The number of methoxy groups -OCH3 is 1. The van der Waals surface area contributed by atoms with Crippen LogP contribution in [0.5, 0.6) is 5.75 Å². The van der Waals surface area contributed by atoms with E-state index < -0.39 is 0 Å². The van der Waals surface area contributed by atoms with Crippen LogP contribution in [-0.4, -0.2) is 34.0 Å². The molecule has 2 aromatic heterocycles. The van der Waals surface area contributed by atoms with E-state index in [4.69, 9.17) is 4.74 Å². The second-order valence-electron chi connectivity index (χ2n) is 5.20. The molecule has 3 rings (SSSR count). The lowest BCUT2D eigenvalue weighted by atomic mass is 10.1. The number of hydrogen-bond acceptors (Lipinski definition) is 8. The summed E-state index contributed by atoms with van der Waals surface area (Å²) in [5.41, 5.74) is 1.15. The maximum Gasteiger partial charge on any atom is 0.236 e. The van der Waals surface area contributed by atoms with Crippen molar-refractivity contribution in [2.45, 2.75) is 18.4 Å². The number of ether oxygens (including phenoxy) is 1. The highest BCUT2D eigenvalue weighted by atomic mass is 32.2. The Morgan fingerprint density at radius 1 is 1.38 bits per heavy atom. The highest BCUT2D eigenvalue weighted by Crippen LogP contribution is 2.27. The van der Waals surface area contributed by atoms with Gasteiger partial charge in [0.25, 0.3) is 0 Å². The fourth-order valence-electron chi connectivity index (χ4n) is 2.18. The normalized spacial score (nSPS) is 10.5. The summed E-state index contributed by atoms with van der Waals surface area (Å²) in [6, 6.07) is 9.37. The van der Waals surface area contributed by atoms with Crippen LogP contribution in [0.15, 0.2) is 29.3 Å². The van der Waals surface area contributed by atoms with Gasteiger partial charge in [0.1, 0.15) is 21.9 Å². The summed E-state index contributed by atoms with van der Waals surface area (Å²) in [5.74, 6) is 0.592. The van der Waals surface area contributed by atoms with Crippen LogP contribution in [-0.2, 0) is 11.2 Å². The quantitative estimate of drug-likeness (QED) is 0.650. The van der Waals surface area contributed by atoms with Crippen molar-refractivity contribution in [3.05, 3.63) is 34.8 Å². The van der Waals surface area contributed by atoms with Crippen molar-refractivity contribution in [2.24, 2.45) is 0 Å². The van der Waals surface area contributed by atoms with Gasteiger partial charge in [0.2, 0.25) is 11.0 Å². The number of nitrogens with one attached hydrogen (secondary N) is 1. The molecule has 1 aromatic carbocycles. The third-order valence-electron chi connectivity index (χ3n) is 3.47. The molecule has 26 heavy (non-hydrogen) atoms. The highest BCUT2D eigenvalue weighted by Gasteiger charge is 2.12. The number of hydrogen-bond donors (Lipinski definition) is 1. The molecule has 7 nitrogen and oxygen atoms in total. The van der Waals surface area contributed by atoms with Crippen LogP contribution in [0.25, 0.3) is 10.9 Å². The van der Waals surface area contributed by atoms with Crippen LogP contribution < -0.4 is 10.1 Å². The van der Waals surface area contributed by atoms with E-state index in [1.165, 1.54) is 23.1 Å². The van der Waals surface area contributed by atoms with E-state index in [2.05, 4.69) is 26.6 Å². The third kappa shape index (κ3) is 4.09. The van der Waals surface area contributed by atoms with Crippen molar-refractivity contribution >= 4 is 45.0 Å². The molecule has 0 aliphatic rings. The van der Waals surface area contributed by atoms with E-state index in [-0.39, 0.29) is 11.7 Å². The van der Waals surface area contributed by atoms with Crippen molar-refractivity contribution in [2.75, 3.05) is 18.2 Å². The lowest BCUT2D eigenvalue weighted by Crippen LogP contribution is -2.14. The smallest absolute Gasteiger partial charge is 0.236 e. The number of amides is 1. The van der Waals surface area contributed by atoms with E-state index in [1.54, 1.807) is 19.2 Å². The largest absolute Gasteiger partial charge is 0.497 e. The van der Waals surface area contributed by atoms with Gasteiger partial charge in [0, 0.05) is 11.5 Å². The van der Waals surface area contributed by atoms with E-state index in [0.29, 0.717) is 27.0 Å². The van der Waals surface area contributed by atoms with E-state index in [1.807, 2.05) is 19.1 Å². The second kappa shape index (κ2) is 8.12. The van der Waals surface area contributed by atoms with Crippen molar-refractivity contribution in [1.29, 1.82) is 5.26 Å². The van der Waals surface area contributed by atoms with Gasteiger partial charge in [0.05, 0.1) is 23.9 Å². The van der Waals surface area contributed by atoms with Crippen LogP contribution in [0.4, 0.5) is 5.13 Å². The fourth-order valence-corrected chi connectivity index (χ4v) is 3.64. The Kier molecular flexibility index (Phi) is 5.65. The molecular weight excluding hydrogens is 370 g/mol. The molecule has 0 bridgehead atoms. The van der Waals surface area contributed by atoms with Gasteiger partial charge in [-0.1, -0.05) is 30.0 Å². The first-order valence-corrected chi connectivity index (χ1v) is 9.57. The molecule has 132 valence electrons. The first-order valence-electron chi connectivity index (χ1n) is 7.77. The van der Waals surface area contributed by atoms with Crippen LogP contribution in [0.1, 0.15) is 17.5 Å². The zero-order valence-electron chi connectivity index (χ0n) is 14.1. The summed E-state index contributed by atoms with van der Waals surface area (Å²) >= 11 is 2.56. The number of nitriles is 1. The molecule has 2 heterocycles. The lowest BCUT2D eigenvalue weighted by Gasteiger charge is -2.07. The highest BCUT2D eigenvalue weighted by molar-refractivity contribution is 8.00. The number of aryl methyl sites for hydroxylation is 1. The molecule has 0 fully saturated rings. The number of pyridine rings is 1. The second-order valence-corrected chi connectivity index (χ2v) is 7.23. The van der Waals surface area contributed by atoms with Crippen molar-refractivity contribution in [3.8, 4) is 11.8 Å². The summed E-state index contributed by atoms with van der Waals surface area (Å²) < 4.78 is 5.21. The Labute approximate surface area is 158 Å². The summed E-state index contributed by atoms with van der Waals surface area (Å²) in [6.45, 7) is 1.98. The zero-order valence-corrected chi connectivity index (χ0v) is 15.8. The number of aromatic nitrogens is 3. The Hall–Kier alpha value is -2.70. The van der Waals surface area contributed by atoms with E-state index in [9.17, 15) is 10.1 Å². The summed E-state index contributed by atoms with van der Waals surface area (Å²) in [5, 5.41) is 22.7. The number of carbonyl (C=O) groups excluding carboxylic acids is 1. The maximum absolute atomic E-state index is 12.1. The minimum absolute atomic E-state index is 0.123. The van der Waals surface area contributed by atoms with Crippen molar-refractivity contribution < 1.29 is 9.53 Å². The van der Waals surface area contributed by atoms with Crippen LogP contribution >= 0.6 is 23.1 Å². The molecule has 0 radical (unpaired) electrons. The average molecular weight is 385 g/mol. The first kappa shape index (κ1) is 18.1. The fraction of sp³-hybridized carbons (Fsp3) is 0.235. The summed E-state index contributed by atoms with van der Waals surface area (Å²) in [6.07, 6.45) is 0.776. The SMILES string of the molecule is CCc1nnc(NC(=O)CSc2nc3cc(OC)ccc3cc2C#N)s1. The van der Waals surface area contributed by atoms with Gasteiger partial charge in [-0.25, -0.2) is 4.98 Å². The summed E-state index contributed by atoms with van der Waals surface area (Å²) in [4.78, 5) is 16.6. The number of rotatable bonds is 6. The predicted molar refractivity (Wildman–Crippen MR) is 102 cm³/mol. The standard InChI is InChI=1S/C17H15N5O2S2/c1-3-15-21-22-17(26-15)20-14(23)9-25-16-11(8-18)6-10-4-5-12(24-2)7-13(10)19-16/h4-7H,3,9H2,1-2H3,(H,20,22,23). The van der Waals surface area contributed by atoms with Gasteiger partial charge in [-0.15, -0.1) is 10.2 Å². The molecule has 1 amide bonds. The minimum atomic E-state index is -0.217. The van der Waals surface area contributed by atoms with Crippen molar-refractivity contribution in [3.63, 3.8) is 0 Å². The maximum atomic E-state index is 12.1. The van der Waals surface area contributed by atoms with Gasteiger partial charge in [0.15, 0.2) is 0 Å². The topological polar surface area (TPSA) is 101 Å². The predicted octanol–water partition coefficient (Wildman–Crippen LogP) is 3.26. The number of thioether (sulfide) groups is 1. The Bertz CT molecular complexity index is 996. The molecule has 0 spiro atoms. The summed E-state index contributed by atoms with van der Waals surface area (Å²) in [7, 11) is 1.59. The number of nitrogens with zero attached hydrogens (tertiary/aromatic N) is 4. The molecule has 0 aliphatic carbocycles. The molecular formula is C17H15N5O2S2. The van der Waals surface area contributed by atoms with Crippen LogP contribution in [0.3, 0.4) is 0 Å². The monoisotopic (exact) mass is 385 g/mol. The first-order chi connectivity index (χ1) is 12.6. The number of benzene rings is 1. The zero-order chi connectivity index (χ0) is 18.5. The van der Waals surface area contributed by atoms with Gasteiger partial charge in [-0.3, -0.25) is 10.1 Å². The van der Waals surface area contributed by atoms with E-state index >= 15 is 0 Å². The van der Waals surface area contributed by atoms with Gasteiger partial charge in [-0.05, 0) is 24.6 Å². The Morgan fingerprint density at radius 2 is 2.23 bits per heavy atom. The number of carbonyl (C=O) groups is 1. The molecule has 0 saturated carbocycles. The molecule has 0 unspecified atom stereocenters. The van der Waals surface area contributed by atoms with Crippen LogP contribution in [0, 0.1) is 11.3 Å². The molecule has 0 atom stereocenters. The van der Waals surface area contributed by atoms with Crippen LogP contribution in [0.2, 0.25) is 0 Å². The third-order valence-corrected chi connectivity index (χ3v) is 5.44. The van der Waals surface area contributed by atoms with E-state index in [0.717, 1.165) is 16.8 Å². The average Bonchev–Trinajstić information content (AvgIpc) is 3.12. The van der Waals surface area contributed by atoms with Gasteiger partial charge < -0.3 is 4.74 Å². The molecule has 0 aliphatic heterocycles. The molecule has 3 aromatic rings. The number of fused-ring (bicyclic) bond motifs is 1. The minimum Gasteiger partial charge on any atom is -0.497 e. The van der Waals surface area contributed by atoms with Gasteiger partial charge in [-0.2, -0.15) is 5.26 Å². The Morgan fingerprint density at radius 3 is 2.92 bits per heavy atom. The molecule has 9 heteroatoms. The lowest BCUT2D eigenvalue weighted by molar-refractivity contribution is -0.113. The van der Waals surface area contributed by atoms with Crippen molar-refractivity contribution in [1.82, 2.24) is 15.2 Å². The van der Waals surface area contributed by atoms with Gasteiger partial charge >= 0.3 is 0 Å².